The van der Waals surface area contributed by atoms with Crippen LogP contribution in [0.25, 0.3) is 0 Å². The molecule has 2 N–H and O–H groups in total. The highest BCUT2D eigenvalue weighted by atomic mass is 79.9. The zero-order valence-electron chi connectivity index (χ0n) is 10.2. The average Bonchev–Trinajstić information content (AvgIpc) is 2.35. The molecule has 1 aliphatic heterocycles. The summed E-state index contributed by atoms with van der Waals surface area (Å²) in [6.07, 6.45) is -1.08. The van der Waals surface area contributed by atoms with Crippen molar-refractivity contribution in [2.75, 3.05) is 13.1 Å². The normalized spacial score (nSPS) is 19.8. The van der Waals surface area contributed by atoms with E-state index in [1.807, 2.05) is 4.90 Å². The number of hydrogen-bond donors (Lipinski definition) is 2. The van der Waals surface area contributed by atoms with Gasteiger partial charge < -0.3 is 10.2 Å². The fourth-order valence-corrected chi connectivity index (χ4v) is 2.43. The van der Waals surface area contributed by atoms with Crippen LogP contribution in [0.4, 0.5) is 8.78 Å². The first-order valence-corrected chi connectivity index (χ1v) is 6.76. The van der Waals surface area contributed by atoms with Gasteiger partial charge in [0.2, 0.25) is 0 Å². The lowest BCUT2D eigenvalue weighted by atomic mass is 9.92. The molecule has 1 fully saturated rings. The number of aromatic nitrogens is 1. The predicted molar refractivity (Wildman–Crippen MR) is 69.1 cm³/mol. The molecule has 0 saturated carbocycles. The van der Waals surface area contributed by atoms with Crippen molar-refractivity contribution >= 4 is 15.9 Å². The van der Waals surface area contributed by atoms with Crippen molar-refractivity contribution < 1.29 is 19.0 Å². The van der Waals surface area contributed by atoms with E-state index in [-0.39, 0.29) is 18.6 Å². The third kappa shape index (κ3) is 3.40. The Morgan fingerprint density at radius 1 is 1.42 bits per heavy atom. The highest BCUT2D eigenvalue weighted by Gasteiger charge is 2.40. The largest absolute Gasteiger partial charge is 0.506 e. The number of pyridine rings is 1. The summed E-state index contributed by atoms with van der Waals surface area (Å²) in [5.74, 6) is 0.0732. The standard InChI is InChI=1S/C12H15BrF2N2O2/c13-8-5-10(18)9(16-6-8)7-17-3-1-12(19,2-4-17)11(14)15/h5-6,11,18-19H,1-4,7H2. The Bertz CT molecular complexity index is 451. The van der Waals surface area contributed by atoms with Crippen LogP contribution in [0, 0.1) is 0 Å². The molecule has 19 heavy (non-hydrogen) atoms. The molecule has 0 atom stereocenters. The van der Waals surface area contributed by atoms with E-state index in [1.54, 1.807) is 12.3 Å². The van der Waals surface area contributed by atoms with Gasteiger partial charge in [0.1, 0.15) is 11.4 Å². The minimum Gasteiger partial charge on any atom is -0.506 e. The van der Waals surface area contributed by atoms with Crippen LogP contribution in [0.5, 0.6) is 5.75 Å². The van der Waals surface area contributed by atoms with Gasteiger partial charge in [0, 0.05) is 30.3 Å². The van der Waals surface area contributed by atoms with Crippen molar-refractivity contribution in [1.29, 1.82) is 0 Å². The summed E-state index contributed by atoms with van der Waals surface area (Å²) in [4.78, 5) is 5.99. The number of hydrogen-bond acceptors (Lipinski definition) is 4. The zero-order chi connectivity index (χ0) is 14.0. The number of likely N-dealkylation sites (tertiary alicyclic amines) is 1. The van der Waals surface area contributed by atoms with Crippen LogP contribution < -0.4 is 0 Å². The summed E-state index contributed by atoms with van der Waals surface area (Å²) in [6, 6.07) is 1.54. The maximum Gasteiger partial charge on any atom is 0.266 e. The van der Waals surface area contributed by atoms with Crippen LogP contribution >= 0.6 is 15.9 Å². The van der Waals surface area contributed by atoms with E-state index in [0.29, 0.717) is 29.8 Å². The molecule has 4 nitrogen and oxygen atoms in total. The molecule has 2 rings (SSSR count). The molecule has 0 spiro atoms. The number of halogens is 3. The maximum atomic E-state index is 12.6. The Morgan fingerprint density at radius 3 is 2.58 bits per heavy atom. The molecule has 0 bridgehead atoms. The smallest absolute Gasteiger partial charge is 0.266 e. The van der Waals surface area contributed by atoms with Gasteiger partial charge in [0.25, 0.3) is 6.43 Å². The van der Waals surface area contributed by atoms with Crippen molar-refractivity contribution in [2.24, 2.45) is 0 Å². The number of aliphatic hydroxyl groups is 1. The third-order valence-corrected chi connectivity index (χ3v) is 3.85. The van der Waals surface area contributed by atoms with Gasteiger partial charge in [0.05, 0.1) is 5.69 Å². The van der Waals surface area contributed by atoms with Crippen LogP contribution in [0.1, 0.15) is 18.5 Å². The molecule has 1 aromatic rings. The average molecular weight is 337 g/mol. The molecule has 2 heterocycles. The summed E-state index contributed by atoms with van der Waals surface area (Å²) in [5, 5.41) is 19.4. The molecular formula is C12H15BrF2N2O2. The van der Waals surface area contributed by atoms with Gasteiger partial charge in [0.15, 0.2) is 0 Å². The highest BCUT2D eigenvalue weighted by Crippen LogP contribution is 2.30. The lowest BCUT2D eigenvalue weighted by Gasteiger charge is -2.37. The van der Waals surface area contributed by atoms with Gasteiger partial charge in [-0.2, -0.15) is 0 Å². The van der Waals surface area contributed by atoms with E-state index in [4.69, 9.17) is 0 Å². The molecule has 7 heteroatoms. The van der Waals surface area contributed by atoms with E-state index in [1.165, 1.54) is 0 Å². The van der Waals surface area contributed by atoms with Crippen molar-refractivity contribution in [2.45, 2.75) is 31.4 Å². The third-order valence-electron chi connectivity index (χ3n) is 3.42. The number of alkyl halides is 2. The molecule has 1 saturated heterocycles. The molecule has 106 valence electrons. The lowest BCUT2D eigenvalue weighted by Crippen LogP contribution is -2.48. The SMILES string of the molecule is Oc1cc(Br)cnc1CN1CCC(O)(C(F)F)CC1. The van der Waals surface area contributed by atoms with Crippen LogP contribution in [-0.4, -0.2) is 45.2 Å². The number of piperidine rings is 1. The molecule has 0 amide bonds. The van der Waals surface area contributed by atoms with Crippen molar-refractivity contribution in [1.82, 2.24) is 9.88 Å². The first-order chi connectivity index (χ1) is 8.90. The minimum absolute atomic E-state index is 0.0297. The monoisotopic (exact) mass is 336 g/mol. The molecule has 1 aromatic heterocycles. The summed E-state index contributed by atoms with van der Waals surface area (Å²) in [5.41, 5.74) is -1.36. The van der Waals surface area contributed by atoms with Crippen LogP contribution in [0.3, 0.4) is 0 Å². The van der Waals surface area contributed by atoms with Crippen LogP contribution in [0.2, 0.25) is 0 Å². The molecule has 1 aliphatic rings. The summed E-state index contributed by atoms with van der Waals surface area (Å²) >= 11 is 3.20. The fraction of sp³-hybridized carbons (Fsp3) is 0.583. The van der Waals surface area contributed by atoms with Gasteiger partial charge in [-0.3, -0.25) is 9.88 Å². The highest BCUT2D eigenvalue weighted by molar-refractivity contribution is 9.10. The molecule has 0 aromatic carbocycles. The number of aromatic hydroxyl groups is 1. The zero-order valence-corrected chi connectivity index (χ0v) is 11.8. The summed E-state index contributed by atoms with van der Waals surface area (Å²) in [7, 11) is 0. The maximum absolute atomic E-state index is 12.6. The Kier molecular flexibility index (Phi) is 4.37. The van der Waals surface area contributed by atoms with Crippen LogP contribution in [0.15, 0.2) is 16.7 Å². The van der Waals surface area contributed by atoms with E-state index in [0.717, 1.165) is 0 Å². The second kappa shape index (κ2) is 5.68. The topological polar surface area (TPSA) is 56.6 Å². The lowest BCUT2D eigenvalue weighted by molar-refractivity contribution is -0.127. The van der Waals surface area contributed by atoms with Crippen molar-refractivity contribution in [3.63, 3.8) is 0 Å². The Balaban J connectivity index is 1.96. The van der Waals surface area contributed by atoms with Gasteiger partial charge in [-0.1, -0.05) is 0 Å². The van der Waals surface area contributed by atoms with Gasteiger partial charge >= 0.3 is 0 Å². The quantitative estimate of drug-likeness (QED) is 0.887. The van der Waals surface area contributed by atoms with Gasteiger partial charge in [-0.15, -0.1) is 0 Å². The molecular weight excluding hydrogens is 322 g/mol. The van der Waals surface area contributed by atoms with Gasteiger partial charge in [-0.05, 0) is 34.8 Å². The number of nitrogens with zero attached hydrogens (tertiary/aromatic N) is 2. The first kappa shape index (κ1) is 14.6. The summed E-state index contributed by atoms with van der Waals surface area (Å²) in [6.45, 7) is 1.11. The predicted octanol–water partition coefficient (Wildman–Crippen LogP) is 2.14. The van der Waals surface area contributed by atoms with E-state index in [9.17, 15) is 19.0 Å². The van der Waals surface area contributed by atoms with Crippen molar-refractivity contribution in [3.8, 4) is 5.75 Å². The molecule has 0 aliphatic carbocycles. The Labute approximate surface area is 118 Å². The van der Waals surface area contributed by atoms with Crippen LogP contribution in [-0.2, 0) is 6.54 Å². The number of rotatable bonds is 3. The second-order valence-corrected chi connectivity index (χ2v) is 5.72. The fourth-order valence-electron chi connectivity index (χ4n) is 2.11. The van der Waals surface area contributed by atoms with E-state index in [2.05, 4.69) is 20.9 Å². The Hall–Kier alpha value is -0.790. The summed E-state index contributed by atoms with van der Waals surface area (Å²) < 4.78 is 26.0. The molecule has 0 radical (unpaired) electrons. The van der Waals surface area contributed by atoms with Crippen molar-refractivity contribution in [3.05, 3.63) is 22.4 Å². The minimum atomic E-state index is -2.71. The van der Waals surface area contributed by atoms with E-state index < -0.39 is 12.0 Å². The Morgan fingerprint density at radius 2 is 2.05 bits per heavy atom. The first-order valence-electron chi connectivity index (χ1n) is 5.97. The molecule has 0 unspecified atom stereocenters. The second-order valence-electron chi connectivity index (χ2n) is 4.80. The van der Waals surface area contributed by atoms with E-state index >= 15 is 0 Å². The van der Waals surface area contributed by atoms with Gasteiger partial charge in [-0.25, -0.2) is 8.78 Å².